The van der Waals surface area contributed by atoms with E-state index < -0.39 is 9.84 Å². The Bertz CT molecular complexity index is 1350. The molecule has 0 atom stereocenters. The first-order chi connectivity index (χ1) is 16.0. The van der Waals surface area contributed by atoms with Gasteiger partial charge in [0.2, 0.25) is 9.84 Å². The van der Waals surface area contributed by atoms with E-state index >= 15 is 0 Å². The van der Waals surface area contributed by atoms with Crippen LogP contribution in [-0.2, 0) is 35.5 Å². The van der Waals surface area contributed by atoms with Crippen molar-refractivity contribution in [3.05, 3.63) is 107 Å². The van der Waals surface area contributed by atoms with Gasteiger partial charge in [-0.05, 0) is 121 Å². The van der Waals surface area contributed by atoms with Gasteiger partial charge in [-0.3, -0.25) is 0 Å². The molecular weight excluding hydrogens is 432 g/mol. The molecule has 33 heavy (non-hydrogen) atoms. The smallest absolute Gasteiger partial charge is 0.206 e. The molecule has 0 heterocycles. The molecule has 4 aromatic carbocycles. The second-order valence-corrected chi connectivity index (χ2v) is 10.5. The third-order valence-electron chi connectivity index (χ3n) is 6.42. The van der Waals surface area contributed by atoms with Gasteiger partial charge in [-0.25, -0.2) is 8.42 Å². The third kappa shape index (κ3) is 3.79. The van der Waals surface area contributed by atoms with Crippen molar-refractivity contribution in [3.8, 4) is 23.0 Å². The lowest BCUT2D eigenvalue weighted by Crippen LogP contribution is -2.07. The Morgan fingerprint density at radius 3 is 1.15 bits per heavy atom. The zero-order valence-electron chi connectivity index (χ0n) is 18.0. The summed E-state index contributed by atoms with van der Waals surface area (Å²) in [4.78, 5) is 0.450. The van der Waals surface area contributed by atoms with Crippen molar-refractivity contribution in [1.29, 1.82) is 0 Å². The molecule has 0 saturated heterocycles. The minimum Gasteiger partial charge on any atom is -0.457 e. The van der Waals surface area contributed by atoms with Crippen molar-refractivity contribution in [2.45, 2.75) is 35.5 Å². The Labute approximate surface area is 193 Å². The lowest BCUT2D eigenvalue weighted by atomic mass is 9.89. The molecule has 0 fully saturated rings. The molecule has 0 unspecified atom stereocenters. The number of hydrogen-bond acceptors (Lipinski definition) is 4. The molecule has 0 saturated carbocycles. The Kier molecular flexibility index (Phi) is 4.73. The monoisotopic (exact) mass is 454 g/mol. The lowest BCUT2D eigenvalue weighted by Gasteiger charge is -2.19. The molecule has 5 heteroatoms. The summed E-state index contributed by atoms with van der Waals surface area (Å²) < 4.78 is 37.9. The molecule has 0 N–H and O–H groups in total. The minimum atomic E-state index is -3.64. The Morgan fingerprint density at radius 2 is 0.818 bits per heavy atom. The molecule has 0 bridgehead atoms. The van der Waals surface area contributed by atoms with E-state index in [4.69, 9.17) is 9.47 Å². The van der Waals surface area contributed by atoms with E-state index in [9.17, 15) is 8.42 Å². The van der Waals surface area contributed by atoms with Crippen LogP contribution in [-0.4, -0.2) is 8.42 Å². The standard InChI is InChI=1S/C28H22O4S/c29-33(30,27-13-9-23(10-14-27)31-25-7-5-19-1-3-21(19)17-25)28-15-11-24(12-16-28)32-26-8-6-20-2-4-22(20)18-26/h5-18H,1-4H2. The number of ether oxygens (including phenoxy) is 2. The normalized spacial score (nSPS) is 13.8. The van der Waals surface area contributed by atoms with Crippen LogP contribution in [0.1, 0.15) is 22.3 Å². The maximum Gasteiger partial charge on any atom is 0.206 e. The number of aryl methyl sites for hydroxylation is 4. The summed E-state index contributed by atoms with van der Waals surface area (Å²) in [5.74, 6) is 2.76. The third-order valence-corrected chi connectivity index (χ3v) is 8.21. The van der Waals surface area contributed by atoms with E-state index in [1.54, 1.807) is 48.5 Å². The van der Waals surface area contributed by atoms with Gasteiger partial charge >= 0.3 is 0 Å². The Morgan fingerprint density at radius 1 is 0.455 bits per heavy atom. The van der Waals surface area contributed by atoms with Crippen LogP contribution in [0.5, 0.6) is 23.0 Å². The summed E-state index contributed by atoms with van der Waals surface area (Å²) in [6, 6.07) is 25.3. The number of benzene rings is 4. The zero-order valence-corrected chi connectivity index (χ0v) is 18.8. The Hall–Kier alpha value is -3.57. The van der Waals surface area contributed by atoms with Gasteiger partial charge in [0.1, 0.15) is 23.0 Å². The quantitative estimate of drug-likeness (QED) is 0.343. The van der Waals surface area contributed by atoms with Gasteiger partial charge in [0.25, 0.3) is 0 Å². The number of hydrogen-bond donors (Lipinski definition) is 0. The first-order valence-electron chi connectivity index (χ1n) is 11.1. The van der Waals surface area contributed by atoms with E-state index in [1.807, 2.05) is 24.3 Å². The molecule has 0 spiro atoms. The van der Waals surface area contributed by atoms with Crippen molar-refractivity contribution in [1.82, 2.24) is 0 Å². The highest BCUT2D eigenvalue weighted by Gasteiger charge is 2.19. The maximum absolute atomic E-state index is 13.1. The van der Waals surface area contributed by atoms with Crippen molar-refractivity contribution in [2.75, 3.05) is 0 Å². The lowest BCUT2D eigenvalue weighted by molar-refractivity contribution is 0.480. The van der Waals surface area contributed by atoms with Gasteiger partial charge < -0.3 is 9.47 Å². The number of fused-ring (bicyclic) bond motifs is 2. The maximum atomic E-state index is 13.1. The molecular formula is C28H22O4S. The predicted molar refractivity (Wildman–Crippen MR) is 126 cm³/mol. The molecule has 4 aromatic rings. The van der Waals surface area contributed by atoms with Crippen LogP contribution in [0.25, 0.3) is 0 Å². The molecule has 4 nitrogen and oxygen atoms in total. The second kappa shape index (κ2) is 7.78. The highest BCUT2D eigenvalue weighted by molar-refractivity contribution is 7.91. The minimum absolute atomic E-state index is 0.225. The number of rotatable bonds is 6. The summed E-state index contributed by atoms with van der Waals surface area (Å²) in [5, 5.41) is 0. The van der Waals surface area contributed by atoms with E-state index in [0.717, 1.165) is 37.2 Å². The molecule has 164 valence electrons. The van der Waals surface area contributed by atoms with Crippen molar-refractivity contribution < 1.29 is 17.9 Å². The summed E-state index contributed by atoms with van der Waals surface area (Å²) in [6.07, 6.45) is 4.42. The van der Waals surface area contributed by atoms with Crippen molar-refractivity contribution >= 4 is 9.84 Å². The molecule has 2 aliphatic rings. The highest BCUT2D eigenvalue weighted by atomic mass is 32.2. The van der Waals surface area contributed by atoms with Gasteiger partial charge in [-0.2, -0.15) is 0 Å². The topological polar surface area (TPSA) is 52.6 Å². The summed E-state index contributed by atoms with van der Waals surface area (Å²) >= 11 is 0. The van der Waals surface area contributed by atoms with E-state index in [-0.39, 0.29) is 9.79 Å². The summed E-state index contributed by atoms with van der Waals surface area (Å²) in [6.45, 7) is 0. The average molecular weight is 455 g/mol. The van der Waals surface area contributed by atoms with E-state index in [2.05, 4.69) is 12.1 Å². The van der Waals surface area contributed by atoms with Gasteiger partial charge in [-0.15, -0.1) is 0 Å². The Balaban J connectivity index is 1.16. The molecule has 0 aromatic heterocycles. The van der Waals surface area contributed by atoms with Gasteiger partial charge in [0.15, 0.2) is 0 Å². The van der Waals surface area contributed by atoms with E-state index in [0.29, 0.717) is 11.5 Å². The highest BCUT2D eigenvalue weighted by Crippen LogP contribution is 2.32. The molecule has 0 amide bonds. The second-order valence-electron chi connectivity index (χ2n) is 8.51. The van der Waals surface area contributed by atoms with Crippen LogP contribution >= 0.6 is 0 Å². The molecule has 2 aliphatic carbocycles. The summed E-state index contributed by atoms with van der Waals surface area (Å²) in [7, 11) is -3.64. The van der Waals surface area contributed by atoms with Crippen molar-refractivity contribution in [3.63, 3.8) is 0 Å². The van der Waals surface area contributed by atoms with Crippen LogP contribution in [0.4, 0.5) is 0 Å². The fraction of sp³-hybridized carbons (Fsp3) is 0.143. The predicted octanol–water partition coefficient (Wildman–Crippen LogP) is 6.30. The SMILES string of the molecule is O=S(=O)(c1ccc(Oc2ccc3c(c2)CC3)cc1)c1ccc(Oc2ccc3c(c2)CC3)cc1. The van der Waals surface area contributed by atoms with Crippen LogP contribution in [0, 0.1) is 0 Å². The molecule has 6 rings (SSSR count). The van der Waals surface area contributed by atoms with Crippen LogP contribution in [0.3, 0.4) is 0 Å². The largest absolute Gasteiger partial charge is 0.457 e. The van der Waals surface area contributed by atoms with Crippen LogP contribution in [0.2, 0.25) is 0 Å². The van der Waals surface area contributed by atoms with Gasteiger partial charge in [0, 0.05) is 0 Å². The van der Waals surface area contributed by atoms with Gasteiger partial charge in [-0.1, -0.05) is 12.1 Å². The number of sulfone groups is 1. The molecule has 0 aliphatic heterocycles. The van der Waals surface area contributed by atoms with Gasteiger partial charge in [0.05, 0.1) is 9.79 Å². The fourth-order valence-electron chi connectivity index (χ4n) is 4.25. The van der Waals surface area contributed by atoms with Crippen LogP contribution < -0.4 is 9.47 Å². The zero-order chi connectivity index (χ0) is 22.4. The van der Waals surface area contributed by atoms with Crippen LogP contribution in [0.15, 0.2) is 94.7 Å². The van der Waals surface area contributed by atoms with E-state index in [1.165, 1.54) is 22.3 Å². The van der Waals surface area contributed by atoms with Crippen molar-refractivity contribution in [2.24, 2.45) is 0 Å². The average Bonchev–Trinajstić information content (AvgIpc) is 2.78. The molecule has 0 radical (unpaired) electrons. The first kappa shape index (κ1) is 20.1. The first-order valence-corrected chi connectivity index (χ1v) is 12.6. The fourth-order valence-corrected chi connectivity index (χ4v) is 5.51. The summed E-state index contributed by atoms with van der Waals surface area (Å²) in [5.41, 5.74) is 5.38.